The number of carbonyl (C=O) groups is 1. The molecule has 0 aromatic heterocycles. The van der Waals surface area contributed by atoms with Crippen molar-refractivity contribution in [2.24, 2.45) is 0 Å². The summed E-state index contributed by atoms with van der Waals surface area (Å²) in [4.78, 5) is 16.9. The van der Waals surface area contributed by atoms with Gasteiger partial charge in [0.05, 0.1) is 0 Å². The molecule has 0 fully saturated rings. The van der Waals surface area contributed by atoms with Gasteiger partial charge < -0.3 is 4.90 Å². The lowest BCUT2D eigenvalue weighted by atomic mass is 9.99. The molecule has 0 saturated carbocycles. The molecule has 0 unspecified atom stereocenters. The zero-order valence-corrected chi connectivity index (χ0v) is 17.4. The summed E-state index contributed by atoms with van der Waals surface area (Å²) in [5, 5.41) is 0.704. The number of benzene rings is 3. The Morgan fingerprint density at radius 2 is 1.59 bits per heavy atom. The molecule has 3 aromatic rings. The van der Waals surface area contributed by atoms with Crippen LogP contribution in [0.25, 0.3) is 0 Å². The third-order valence-electron chi connectivity index (χ3n) is 5.50. The quantitative estimate of drug-likeness (QED) is 0.585. The smallest absolute Gasteiger partial charge is 0.253 e. The first-order chi connectivity index (χ1) is 14.1. The number of fused-ring (bicyclic) bond motifs is 1. The molecule has 1 aliphatic rings. The summed E-state index contributed by atoms with van der Waals surface area (Å²) in [6.45, 7) is 3.52. The maximum absolute atomic E-state index is 12.7. The van der Waals surface area contributed by atoms with Gasteiger partial charge in [-0.15, -0.1) is 0 Å². The topological polar surface area (TPSA) is 23.6 Å². The molecule has 29 heavy (non-hydrogen) atoms. The summed E-state index contributed by atoms with van der Waals surface area (Å²) >= 11 is 5.93. The molecule has 1 aliphatic heterocycles. The minimum Gasteiger partial charge on any atom is -0.337 e. The monoisotopic (exact) mass is 404 g/mol. The van der Waals surface area contributed by atoms with Gasteiger partial charge in [-0.3, -0.25) is 9.69 Å². The Labute approximate surface area is 177 Å². The van der Waals surface area contributed by atoms with Crippen LogP contribution in [0.5, 0.6) is 0 Å². The van der Waals surface area contributed by atoms with E-state index >= 15 is 0 Å². The highest BCUT2D eigenvalue weighted by Crippen LogP contribution is 2.20. The van der Waals surface area contributed by atoms with Crippen LogP contribution in [0.3, 0.4) is 0 Å². The van der Waals surface area contributed by atoms with Crippen molar-refractivity contribution in [3.8, 4) is 0 Å². The molecule has 0 aliphatic carbocycles. The zero-order chi connectivity index (χ0) is 20.2. The van der Waals surface area contributed by atoms with E-state index in [1.807, 2.05) is 43.4 Å². The fourth-order valence-electron chi connectivity index (χ4n) is 3.86. The number of nitrogens with zero attached hydrogens (tertiary/aromatic N) is 2. The van der Waals surface area contributed by atoms with E-state index in [1.165, 1.54) is 16.7 Å². The Morgan fingerprint density at radius 3 is 2.31 bits per heavy atom. The molecule has 0 saturated heterocycles. The van der Waals surface area contributed by atoms with Gasteiger partial charge in [-0.2, -0.15) is 0 Å². The molecule has 3 nitrogen and oxygen atoms in total. The van der Waals surface area contributed by atoms with Crippen molar-refractivity contribution in [3.05, 3.63) is 106 Å². The average molecular weight is 405 g/mol. The fourth-order valence-corrected chi connectivity index (χ4v) is 3.98. The average Bonchev–Trinajstić information content (AvgIpc) is 2.75. The summed E-state index contributed by atoms with van der Waals surface area (Å²) in [7, 11) is 1.83. The summed E-state index contributed by atoms with van der Waals surface area (Å²) < 4.78 is 0. The van der Waals surface area contributed by atoms with Crippen molar-refractivity contribution in [1.82, 2.24) is 9.80 Å². The van der Waals surface area contributed by atoms with Gasteiger partial charge in [0.25, 0.3) is 5.91 Å². The maximum Gasteiger partial charge on any atom is 0.253 e. The molecule has 1 heterocycles. The summed E-state index contributed by atoms with van der Waals surface area (Å²) in [6.07, 6.45) is 1.10. The highest BCUT2D eigenvalue weighted by atomic mass is 35.5. The van der Waals surface area contributed by atoms with Crippen LogP contribution >= 0.6 is 11.6 Å². The minimum absolute atomic E-state index is 0.0263. The zero-order valence-electron chi connectivity index (χ0n) is 16.6. The SMILES string of the molecule is CN(Cc1ccc(Cl)cc1)C(=O)c1ccc(CN2CCc3ccccc3C2)cc1. The van der Waals surface area contributed by atoms with Gasteiger partial charge in [0.15, 0.2) is 0 Å². The highest BCUT2D eigenvalue weighted by molar-refractivity contribution is 6.30. The van der Waals surface area contributed by atoms with E-state index in [9.17, 15) is 4.79 Å². The third kappa shape index (κ3) is 4.87. The van der Waals surface area contributed by atoms with Gasteiger partial charge in [0, 0.05) is 43.8 Å². The van der Waals surface area contributed by atoms with Crippen LogP contribution in [0.2, 0.25) is 5.02 Å². The molecule has 3 aromatic carbocycles. The number of halogens is 1. The molecule has 1 amide bonds. The lowest BCUT2D eigenvalue weighted by Gasteiger charge is -2.28. The lowest BCUT2D eigenvalue weighted by molar-refractivity contribution is 0.0785. The molecular weight excluding hydrogens is 380 g/mol. The molecule has 0 radical (unpaired) electrons. The van der Waals surface area contributed by atoms with Crippen LogP contribution < -0.4 is 0 Å². The second kappa shape index (κ2) is 8.81. The van der Waals surface area contributed by atoms with Crippen molar-refractivity contribution >= 4 is 17.5 Å². The van der Waals surface area contributed by atoms with Crippen molar-refractivity contribution < 1.29 is 4.79 Å². The van der Waals surface area contributed by atoms with E-state index in [0.29, 0.717) is 17.1 Å². The Bertz CT molecular complexity index is 982. The van der Waals surface area contributed by atoms with Crippen molar-refractivity contribution in [1.29, 1.82) is 0 Å². The first-order valence-corrected chi connectivity index (χ1v) is 10.3. The Morgan fingerprint density at radius 1 is 0.931 bits per heavy atom. The Kier molecular flexibility index (Phi) is 5.98. The third-order valence-corrected chi connectivity index (χ3v) is 5.75. The largest absolute Gasteiger partial charge is 0.337 e. The second-order valence-electron chi connectivity index (χ2n) is 7.71. The highest BCUT2D eigenvalue weighted by Gasteiger charge is 2.16. The summed E-state index contributed by atoms with van der Waals surface area (Å²) in [5.41, 5.74) is 5.91. The fraction of sp³-hybridized carbons (Fsp3) is 0.240. The van der Waals surface area contributed by atoms with Crippen molar-refractivity contribution in [3.63, 3.8) is 0 Å². The number of hydrogen-bond donors (Lipinski definition) is 0. The number of rotatable bonds is 5. The van der Waals surface area contributed by atoms with Gasteiger partial charge in [-0.05, 0) is 52.9 Å². The van der Waals surface area contributed by atoms with E-state index in [2.05, 4.69) is 41.3 Å². The van der Waals surface area contributed by atoms with Crippen LogP contribution in [-0.4, -0.2) is 29.3 Å². The summed E-state index contributed by atoms with van der Waals surface area (Å²) in [6, 6.07) is 24.3. The number of amides is 1. The maximum atomic E-state index is 12.7. The van der Waals surface area contributed by atoms with E-state index in [4.69, 9.17) is 11.6 Å². The number of hydrogen-bond acceptors (Lipinski definition) is 2. The predicted octanol–water partition coefficient (Wildman–Crippen LogP) is 5.17. The molecule has 0 N–H and O–H groups in total. The molecule has 148 valence electrons. The molecular formula is C25H25ClN2O. The Hall–Kier alpha value is -2.62. The normalized spacial score (nSPS) is 13.7. The molecule has 4 rings (SSSR count). The van der Waals surface area contributed by atoms with Crippen LogP contribution in [0.4, 0.5) is 0 Å². The van der Waals surface area contributed by atoms with E-state index in [1.54, 1.807) is 4.90 Å². The summed E-state index contributed by atoms with van der Waals surface area (Å²) in [5.74, 6) is 0.0263. The molecule has 0 bridgehead atoms. The van der Waals surface area contributed by atoms with E-state index in [-0.39, 0.29) is 5.91 Å². The number of carbonyl (C=O) groups excluding carboxylic acids is 1. The molecule has 4 heteroatoms. The van der Waals surface area contributed by atoms with Gasteiger partial charge in [-0.25, -0.2) is 0 Å². The first-order valence-electron chi connectivity index (χ1n) is 9.96. The predicted molar refractivity (Wildman–Crippen MR) is 118 cm³/mol. The first kappa shape index (κ1) is 19.7. The van der Waals surface area contributed by atoms with Gasteiger partial charge in [-0.1, -0.05) is 60.1 Å². The van der Waals surface area contributed by atoms with Crippen molar-refractivity contribution in [2.45, 2.75) is 26.1 Å². The lowest BCUT2D eigenvalue weighted by Crippen LogP contribution is -2.30. The van der Waals surface area contributed by atoms with Gasteiger partial charge in [0.1, 0.15) is 0 Å². The van der Waals surface area contributed by atoms with E-state index in [0.717, 1.165) is 31.6 Å². The standard InChI is InChI=1S/C25H25ClN2O/c1-27(16-19-8-12-24(26)13-9-19)25(29)22-10-6-20(7-11-22)17-28-15-14-21-4-2-3-5-23(21)18-28/h2-13H,14-18H2,1H3. The van der Waals surface area contributed by atoms with E-state index < -0.39 is 0 Å². The second-order valence-corrected chi connectivity index (χ2v) is 8.15. The van der Waals surface area contributed by atoms with Crippen LogP contribution in [0, 0.1) is 0 Å². The van der Waals surface area contributed by atoms with Crippen LogP contribution in [0.1, 0.15) is 32.6 Å². The minimum atomic E-state index is 0.0263. The van der Waals surface area contributed by atoms with Gasteiger partial charge >= 0.3 is 0 Å². The van der Waals surface area contributed by atoms with Crippen LogP contribution in [0.15, 0.2) is 72.8 Å². The van der Waals surface area contributed by atoms with Crippen molar-refractivity contribution in [2.75, 3.05) is 13.6 Å². The Balaban J connectivity index is 1.36. The molecule has 0 atom stereocenters. The molecule has 0 spiro atoms. The van der Waals surface area contributed by atoms with Gasteiger partial charge in [0.2, 0.25) is 0 Å². The van der Waals surface area contributed by atoms with Crippen LogP contribution in [-0.2, 0) is 26.1 Å².